The first-order valence-electron chi connectivity index (χ1n) is 5.49. The Balaban J connectivity index is 2.23. The van der Waals surface area contributed by atoms with Crippen LogP contribution >= 0.6 is 15.9 Å². The van der Waals surface area contributed by atoms with E-state index in [-0.39, 0.29) is 0 Å². The SMILES string of the molecule is CC(C)(C)OC(=O)Nc1n[nH]c2c(Br)cccc12. The number of benzene rings is 1. The van der Waals surface area contributed by atoms with Crippen LogP contribution in [0, 0.1) is 0 Å². The van der Waals surface area contributed by atoms with Crippen LogP contribution in [0.25, 0.3) is 10.9 Å². The summed E-state index contributed by atoms with van der Waals surface area (Å²) in [6.45, 7) is 5.43. The zero-order chi connectivity index (χ0) is 13.3. The Morgan fingerprint density at radius 3 is 2.83 bits per heavy atom. The highest BCUT2D eigenvalue weighted by atomic mass is 79.9. The molecule has 0 saturated carbocycles. The van der Waals surface area contributed by atoms with Gasteiger partial charge in [0.15, 0.2) is 5.82 Å². The molecule has 0 radical (unpaired) electrons. The number of hydrogen-bond donors (Lipinski definition) is 2. The smallest absolute Gasteiger partial charge is 0.413 e. The van der Waals surface area contributed by atoms with E-state index in [0.717, 1.165) is 15.4 Å². The number of carbonyl (C=O) groups excluding carboxylic acids is 1. The van der Waals surface area contributed by atoms with Crippen LogP contribution in [0.2, 0.25) is 0 Å². The summed E-state index contributed by atoms with van der Waals surface area (Å²) in [7, 11) is 0. The lowest BCUT2D eigenvalue weighted by atomic mass is 10.2. The first-order valence-corrected chi connectivity index (χ1v) is 6.29. The number of nitrogens with zero attached hydrogens (tertiary/aromatic N) is 1. The van der Waals surface area contributed by atoms with Gasteiger partial charge in [-0.25, -0.2) is 4.79 Å². The molecule has 2 N–H and O–H groups in total. The molecular weight excluding hydrogens is 298 g/mol. The molecule has 1 heterocycles. The topological polar surface area (TPSA) is 67.0 Å². The molecule has 18 heavy (non-hydrogen) atoms. The van der Waals surface area contributed by atoms with E-state index in [1.165, 1.54) is 0 Å². The molecule has 1 amide bonds. The standard InChI is InChI=1S/C12H14BrN3O2/c1-12(2,3)18-11(17)14-10-7-5-4-6-8(13)9(7)15-16-10/h4-6H,1-3H3,(H2,14,15,16,17). The summed E-state index contributed by atoms with van der Waals surface area (Å²) >= 11 is 3.41. The van der Waals surface area contributed by atoms with Gasteiger partial charge in [-0.15, -0.1) is 0 Å². The van der Waals surface area contributed by atoms with E-state index in [1.54, 1.807) is 0 Å². The second-order valence-corrected chi connectivity index (χ2v) is 5.72. The summed E-state index contributed by atoms with van der Waals surface area (Å²) in [6.07, 6.45) is -0.518. The lowest BCUT2D eigenvalue weighted by Crippen LogP contribution is -2.27. The van der Waals surface area contributed by atoms with Gasteiger partial charge >= 0.3 is 6.09 Å². The fourth-order valence-corrected chi connectivity index (χ4v) is 1.96. The number of carbonyl (C=O) groups is 1. The summed E-state index contributed by atoms with van der Waals surface area (Å²) in [5, 5.41) is 10.4. The van der Waals surface area contributed by atoms with Crippen LogP contribution < -0.4 is 5.32 Å². The molecule has 0 unspecified atom stereocenters. The van der Waals surface area contributed by atoms with E-state index < -0.39 is 11.7 Å². The number of amides is 1. The lowest BCUT2D eigenvalue weighted by molar-refractivity contribution is 0.0635. The van der Waals surface area contributed by atoms with Crippen molar-refractivity contribution >= 4 is 38.7 Å². The van der Waals surface area contributed by atoms with Crippen LogP contribution in [0.15, 0.2) is 22.7 Å². The lowest BCUT2D eigenvalue weighted by Gasteiger charge is -2.19. The highest BCUT2D eigenvalue weighted by Gasteiger charge is 2.18. The van der Waals surface area contributed by atoms with E-state index in [4.69, 9.17) is 4.74 Å². The molecule has 6 heteroatoms. The molecule has 1 aromatic heterocycles. The van der Waals surface area contributed by atoms with Gasteiger partial charge in [-0.3, -0.25) is 10.4 Å². The zero-order valence-corrected chi connectivity index (χ0v) is 12.0. The van der Waals surface area contributed by atoms with Crippen LogP contribution in [0.3, 0.4) is 0 Å². The Morgan fingerprint density at radius 2 is 2.17 bits per heavy atom. The molecule has 1 aromatic carbocycles. The van der Waals surface area contributed by atoms with Gasteiger partial charge in [0.25, 0.3) is 0 Å². The highest BCUT2D eigenvalue weighted by molar-refractivity contribution is 9.10. The highest BCUT2D eigenvalue weighted by Crippen LogP contribution is 2.26. The number of anilines is 1. The minimum atomic E-state index is -0.531. The third-order valence-electron chi connectivity index (χ3n) is 2.17. The van der Waals surface area contributed by atoms with Crippen LogP contribution in [0.1, 0.15) is 20.8 Å². The Labute approximate surface area is 113 Å². The summed E-state index contributed by atoms with van der Waals surface area (Å²) < 4.78 is 6.07. The zero-order valence-electron chi connectivity index (χ0n) is 10.4. The number of para-hydroxylation sites is 1. The Morgan fingerprint density at radius 1 is 1.44 bits per heavy atom. The first kappa shape index (κ1) is 12.9. The number of ether oxygens (including phenoxy) is 1. The molecule has 0 aliphatic heterocycles. The minimum absolute atomic E-state index is 0.459. The van der Waals surface area contributed by atoms with Gasteiger partial charge in [0, 0.05) is 9.86 Å². The predicted octanol–water partition coefficient (Wildman–Crippen LogP) is 3.67. The van der Waals surface area contributed by atoms with Crippen molar-refractivity contribution in [2.75, 3.05) is 5.32 Å². The fourth-order valence-electron chi connectivity index (χ4n) is 1.50. The molecule has 0 saturated heterocycles. The molecule has 96 valence electrons. The Bertz CT molecular complexity index is 587. The van der Waals surface area contributed by atoms with Gasteiger partial charge in [-0.05, 0) is 48.8 Å². The Kier molecular flexibility index (Phi) is 3.30. The van der Waals surface area contributed by atoms with Gasteiger partial charge in [0.05, 0.1) is 5.52 Å². The second-order valence-electron chi connectivity index (χ2n) is 4.86. The van der Waals surface area contributed by atoms with Gasteiger partial charge in [0.2, 0.25) is 0 Å². The Hall–Kier alpha value is -1.56. The van der Waals surface area contributed by atoms with Gasteiger partial charge in [-0.1, -0.05) is 6.07 Å². The minimum Gasteiger partial charge on any atom is -0.444 e. The third-order valence-corrected chi connectivity index (χ3v) is 2.83. The molecule has 0 atom stereocenters. The normalized spacial score (nSPS) is 11.6. The van der Waals surface area contributed by atoms with E-state index in [0.29, 0.717) is 5.82 Å². The molecule has 0 fully saturated rings. The average molecular weight is 312 g/mol. The van der Waals surface area contributed by atoms with Crippen molar-refractivity contribution in [3.63, 3.8) is 0 Å². The monoisotopic (exact) mass is 311 g/mol. The van der Waals surface area contributed by atoms with Crippen molar-refractivity contribution in [3.8, 4) is 0 Å². The van der Waals surface area contributed by atoms with Gasteiger partial charge < -0.3 is 4.74 Å². The molecule has 0 bridgehead atoms. The number of fused-ring (bicyclic) bond motifs is 1. The second kappa shape index (κ2) is 4.61. The van der Waals surface area contributed by atoms with Crippen molar-refractivity contribution in [1.82, 2.24) is 10.2 Å². The molecule has 2 aromatic rings. The van der Waals surface area contributed by atoms with Crippen molar-refractivity contribution in [1.29, 1.82) is 0 Å². The van der Waals surface area contributed by atoms with Crippen molar-refractivity contribution in [2.45, 2.75) is 26.4 Å². The molecule has 0 aliphatic rings. The van der Waals surface area contributed by atoms with E-state index >= 15 is 0 Å². The summed E-state index contributed by atoms with van der Waals surface area (Å²) in [6, 6.07) is 5.65. The van der Waals surface area contributed by atoms with Gasteiger partial charge in [0.1, 0.15) is 5.60 Å². The first-order chi connectivity index (χ1) is 8.37. The largest absolute Gasteiger partial charge is 0.444 e. The maximum absolute atomic E-state index is 11.7. The number of H-pyrrole nitrogens is 1. The fraction of sp³-hybridized carbons (Fsp3) is 0.333. The summed E-state index contributed by atoms with van der Waals surface area (Å²) in [5.74, 6) is 0.459. The van der Waals surface area contributed by atoms with Crippen molar-refractivity contribution in [3.05, 3.63) is 22.7 Å². The van der Waals surface area contributed by atoms with Crippen molar-refractivity contribution < 1.29 is 9.53 Å². The number of hydrogen-bond acceptors (Lipinski definition) is 3. The average Bonchev–Trinajstić information content (AvgIpc) is 2.60. The summed E-state index contributed by atoms with van der Waals surface area (Å²) in [4.78, 5) is 11.7. The van der Waals surface area contributed by atoms with Crippen LogP contribution in [-0.4, -0.2) is 21.9 Å². The van der Waals surface area contributed by atoms with E-state index in [1.807, 2.05) is 39.0 Å². The maximum atomic E-state index is 11.7. The summed E-state index contributed by atoms with van der Waals surface area (Å²) in [5.41, 5.74) is 0.306. The van der Waals surface area contributed by atoms with E-state index in [2.05, 4.69) is 31.4 Å². The van der Waals surface area contributed by atoms with Gasteiger partial charge in [-0.2, -0.15) is 5.10 Å². The number of halogens is 1. The molecule has 2 rings (SSSR count). The number of nitrogens with one attached hydrogen (secondary N) is 2. The maximum Gasteiger partial charge on any atom is 0.413 e. The molecule has 0 aliphatic carbocycles. The number of rotatable bonds is 1. The van der Waals surface area contributed by atoms with Crippen molar-refractivity contribution in [2.24, 2.45) is 0 Å². The third kappa shape index (κ3) is 2.81. The van der Waals surface area contributed by atoms with Crippen LogP contribution in [0.4, 0.5) is 10.6 Å². The van der Waals surface area contributed by atoms with Crippen LogP contribution in [0.5, 0.6) is 0 Å². The van der Waals surface area contributed by atoms with E-state index in [9.17, 15) is 4.79 Å². The molecule has 0 spiro atoms. The quantitative estimate of drug-likeness (QED) is 0.844. The predicted molar refractivity (Wildman–Crippen MR) is 73.7 cm³/mol. The molecule has 5 nitrogen and oxygen atoms in total. The van der Waals surface area contributed by atoms with Crippen LogP contribution in [-0.2, 0) is 4.74 Å². The molecular formula is C12H14BrN3O2. The number of aromatic amines is 1. The number of aromatic nitrogens is 2.